The molecule has 0 radical (unpaired) electrons. The van der Waals surface area contributed by atoms with Crippen molar-refractivity contribution < 1.29 is 15.0 Å². The van der Waals surface area contributed by atoms with Crippen molar-refractivity contribution >= 4 is 14.0 Å². The van der Waals surface area contributed by atoms with Crippen LogP contribution in [-0.4, -0.2) is 36.9 Å². The molecule has 0 heterocycles. The van der Waals surface area contributed by atoms with E-state index in [1.807, 2.05) is 24.3 Å². The SMILES string of the molecule is C[Si](C)(C)C#Cc1ccc(CNCC(O)C(=O)O)cc1. The Balaban J connectivity index is 2.50. The van der Waals surface area contributed by atoms with Gasteiger partial charge in [0, 0.05) is 18.7 Å². The van der Waals surface area contributed by atoms with Crippen molar-refractivity contribution in [2.24, 2.45) is 0 Å². The lowest BCUT2D eigenvalue weighted by Crippen LogP contribution is -2.32. The third-order valence-corrected chi connectivity index (χ3v) is 3.36. The Hall–Kier alpha value is -1.61. The minimum Gasteiger partial charge on any atom is -0.479 e. The number of aliphatic hydroxyl groups is 1. The summed E-state index contributed by atoms with van der Waals surface area (Å²) in [6.07, 6.45) is -1.36. The highest BCUT2D eigenvalue weighted by Gasteiger charge is 2.11. The van der Waals surface area contributed by atoms with Gasteiger partial charge in [0.25, 0.3) is 0 Å². The Morgan fingerprint density at radius 3 is 2.40 bits per heavy atom. The third kappa shape index (κ3) is 6.52. The van der Waals surface area contributed by atoms with E-state index in [0.29, 0.717) is 6.54 Å². The molecule has 1 rings (SSSR count). The van der Waals surface area contributed by atoms with Gasteiger partial charge in [0.2, 0.25) is 0 Å². The first-order valence-corrected chi connectivity index (χ1v) is 10.0. The van der Waals surface area contributed by atoms with E-state index in [1.54, 1.807) is 0 Å². The summed E-state index contributed by atoms with van der Waals surface area (Å²) in [4.78, 5) is 10.4. The summed E-state index contributed by atoms with van der Waals surface area (Å²) < 4.78 is 0. The molecule has 3 N–H and O–H groups in total. The van der Waals surface area contributed by atoms with E-state index in [4.69, 9.17) is 10.2 Å². The lowest BCUT2D eigenvalue weighted by Gasteiger charge is -2.07. The Morgan fingerprint density at radius 2 is 1.90 bits per heavy atom. The van der Waals surface area contributed by atoms with Gasteiger partial charge in [-0.05, 0) is 17.7 Å². The fourth-order valence-electron chi connectivity index (χ4n) is 1.41. The smallest absolute Gasteiger partial charge is 0.333 e. The van der Waals surface area contributed by atoms with Gasteiger partial charge < -0.3 is 15.5 Å². The van der Waals surface area contributed by atoms with Crippen LogP contribution in [0.25, 0.3) is 0 Å². The second kappa shape index (κ2) is 7.24. The molecule has 4 nitrogen and oxygen atoms in total. The summed E-state index contributed by atoms with van der Waals surface area (Å²) in [5.74, 6) is 1.96. The van der Waals surface area contributed by atoms with Crippen LogP contribution in [-0.2, 0) is 11.3 Å². The van der Waals surface area contributed by atoms with Crippen LogP contribution in [0.2, 0.25) is 19.6 Å². The molecule has 0 amide bonds. The first-order chi connectivity index (χ1) is 9.28. The van der Waals surface area contributed by atoms with Gasteiger partial charge in [-0.15, -0.1) is 5.54 Å². The van der Waals surface area contributed by atoms with Crippen LogP contribution in [0.1, 0.15) is 11.1 Å². The van der Waals surface area contributed by atoms with Crippen LogP contribution in [0.5, 0.6) is 0 Å². The molecular weight excluding hydrogens is 270 g/mol. The second-order valence-electron chi connectivity index (χ2n) is 5.68. The third-order valence-electron chi connectivity index (χ3n) is 2.49. The van der Waals surface area contributed by atoms with Crippen LogP contribution in [0.4, 0.5) is 0 Å². The Bertz CT molecular complexity index is 509. The Labute approximate surface area is 120 Å². The lowest BCUT2D eigenvalue weighted by atomic mass is 10.1. The van der Waals surface area contributed by atoms with Crippen LogP contribution in [0.15, 0.2) is 24.3 Å². The van der Waals surface area contributed by atoms with Crippen LogP contribution < -0.4 is 5.32 Å². The molecule has 0 aliphatic rings. The number of carbonyl (C=O) groups is 1. The number of hydrogen-bond donors (Lipinski definition) is 3. The normalized spacial score (nSPS) is 12.4. The standard InChI is InChI=1S/C15H21NO3Si/c1-20(2,3)9-8-12-4-6-13(7-5-12)10-16-11-14(17)15(18)19/h4-7,14,16-17H,10-11H2,1-3H3,(H,18,19). The Morgan fingerprint density at radius 1 is 1.30 bits per heavy atom. The predicted octanol–water partition coefficient (Wildman–Crippen LogP) is 1.45. The van der Waals surface area contributed by atoms with Crippen molar-refractivity contribution in [1.82, 2.24) is 5.32 Å². The molecule has 0 saturated heterocycles. The molecule has 108 valence electrons. The molecule has 1 aromatic rings. The molecule has 0 saturated carbocycles. The predicted molar refractivity (Wildman–Crippen MR) is 82.0 cm³/mol. The van der Waals surface area contributed by atoms with E-state index in [0.717, 1.165) is 11.1 Å². The summed E-state index contributed by atoms with van der Waals surface area (Å²) in [6.45, 7) is 7.16. The highest BCUT2D eigenvalue weighted by Crippen LogP contribution is 2.04. The fourth-order valence-corrected chi connectivity index (χ4v) is 1.93. The van der Waals surface area contributed by atoms with Crippen molar-refractivity contribution in [3.05, 3.63) is 35.4 Å². The molecule has 0 spiro atoms. The summed E-state index contributed by atoms with van der Waals surface area (Å²) in [5.41, 5.74) is 5.32. The quantitative estimate of drug-likeness (QED) is 0.567. The number of nitrogens with one attached hydrogen (secondary N) is 1. The van der Waals surface area contributed by atoms with Crippen molar-refractivity contribution in [1.29, 1.82) is 0 Å². The highest BCUT2D eigenvalue weighted by atomic mass is 28.3. The van der Waals surface area contributed by atoms with Crippen molar-refractivity contribution in [3.63, 3.8) is 0 Å². The second-order valence-corrected chi connectivity index (χ2v) is 10.4. The zero-order valence-electron chi connectivity index (χ0n) is 12.1. The summed E-state index contributed by atoms with van der Waals surface area (Å²) in [5, 5.41) is 20.6. The average Bonchev–Trinajstić information content (AvgIpc) is 2.36. The maximum atomic E-state index is 10.4. The van der Waals surface area contributed by atoms with Gasteiger partial charge in [-0.1, -0.05) is 37.7 Å². The average molecular weight is 291 g/mol. The zero-order chi connectivity index (χ0) is 15.2. The van der Waals surface area contributed by atoms with E-state index in [1.165, 1.54) is 0 Å². The van der Waals surface area contributed by atoms with Crippen molar-refractivity contribution in [3.8, 4) is 11.5 Å². The van der Waals surface area contributed by atoms with Crippen LogP contribution in [0, 0.1) is 11.5 Å². The first-order valence-electron chi connectivity index (χ1n) is 6.51. The van der Waals surface area contributed by atoms with E-state index in [-0.39, 0.29) is 6.54 Å². The molecule has 1 unspecified atom stereocenters. The maximum Gasteiger partial charge on any atom is 0.333 e. The number of carboxylic acids is 1. The number of carboxylic acid groups (broad SMARTS) is 1. The van der Waals surface area contributed by atoms with Gasteiger partial charge in [-0.25, -0.2) is 4.79 Å². The first kappa shape index (κ1) is 16.4. The van der Waals surface area contributed by atoms with Crippen LogP contribution >= 0.6 is 0 Å². The molecule has 1 aromatic carbocycles. The maximum absolute atomic E-state index is 10.4. The van der Waals surface area contributed by atoms with E-state index in [9.17, 15) is 4.79 Å². The summed E-state index contributed by atoms with van der Waals surface area (Å²) in [6, 6.07) is 7.82. The van der Waals surface area contributed by atoms with Crippen molar-refractivity contribution in [2.75, 3.05) is 6.54 Å². The van der Waals surface area contributed by atoms with Crippen molar-refractivity contribution in [2.45, 2.75) is 32.3 Å². The van der Waals surface area contributed by atoms with Gasteiger partial charge in [0.1, 0.15) is 8.07 Å². The zero-order valence-corrected chi connectivity index (χ0v) is 13.1. The molecule has 20 heavy (non-hydrogen) atoms. The number of benzene rings is 1. The number of hydrogen-bond acceptors (Lipinski definition) is 3. The topological polar surface area (TPSA) is 69.6 Å². The van der Waals surface area contributed by atoms with E-state index in [2.05, 4.69) is 36.4 Å². The van der Waals surface area contributed by atoms with Crippen LogP contribution in [0.3, 0.4) is 0 Å². The monoisotopic (exact) mass is 291 g/mol. The van der Waals surface area contributed by atoms with E-state index < -0.39 is 20.1 Å². The van der Waals surface area contributed by atoms with Gasteiger partial charge in [0.15, 0.2) is 6.10 Å². The molecule has 0 aliphatic carbocycles. The minimum absolute atomic E-state index is 0.0342. The summed E-state index contributed by atoms with van der Waals surface area (Å²) >= 11 is 0. The van der Waals surface area contributed by atoms with E-state index >= 15 is 0 Å². The van der Waals surface area contributed by atoms with Gasteiger partial charge >= 0.3 is 5.97 Å². The molecule has 5 heteroatoms. The van der Waals surface area contributed by atoms with Gasteiger partial charge in [0.05, 0.1) is 0 Å². The molecule has 0 fully saturated rings. The number of rotatable bonds is 5. The lowest BCUT2D eigenvalue weighted by molar-refractivity contribution is -0.146. The van der Waals surface area contributed by atoms with Gasteiger partial charge in [-0.2, -0.15) is 0 Å². The molecule has 0 aromatic heterocycles. The number of aliphatic carboxylic acids is 1. The fraction of sp³-hybridized carbons (Fsp3) is 0.400. The highest BCUT2D eigenvalue weighted by molar-refractivity contribution is 6.83. The van der Waals surface area contributed by atoms with Gasteiger partial charge in [-0.3, -0.25) is 0 Å². The minimum atomic E-state index is -1.36. The Kier molecular flexibility index (Phi) is 5.96. The summed E-state index contributed by atoms with van der Waals surface area (Å²) in [7, 11) is -1.35. The number of aliphatic hydroxyl groups excluding tert-OH is 1. The molecular formula is C15H21NO3Si. The molecule has 0 aliphatic heterocycles. The molecule has 0 bridgehead atoms. The molecule has 1 atom stereocenters. The largest absolute Gasteiger partial charge is 0.479 e.